The third kappa shape index (κ3) is 4.05. The lowest BCUT2D eigenvalue weighted by atomic mass is 9.66. The third-order valence-corrected chi connectivity index (χ3v) is 11.7. The fourth-order valence-corrected chi connectivity index (χ4v) is 9.59. The standard InChI is InChI=1S/C47H28N2OS/c1-3-14-29(15-4-1)39-27-40(49-46(48-39)30-16-5-2-6-17-30)33-20-13-25-43-45(33)34-26-38-42(28-44(34)51-43)50-41-24-12-11-23-37(41)47(38)35-21-9-7-18-31(35)32-19-8-10-22-36(32)47/h1-28H. The molecular weight excluding hydrogens is 641 g/mol. The zero-order chi connectivity index (χ0) is 33.5. The summed E-state index contributed by atoms with van der Waals surface area (Å²) in [5, 5.41) is 2.40. The SMILES string of the molecule is c1ccc(-c2cc(-c3cccc4sc5cc6c(cc5c34)C3(c4ccccc4O6)c4ccccc4-c4ccccc43)nc(-c3ccccc3)n2)cc1. The summed E-state index contributed by atoms with van der Waals surface area (Å²) in [6, 6.07) is 60.4. The second-order valence-corrected chi connectivity index (χ2v) is 14.3. The van der Waals surface area contributed by atoms with E-state index in [1.165, 1.54) is 53.6 Å². The second-order valence-electron chi connectivity index (χ2n) is 13.3. The fourth-order valence-electron chi connectivity index (χ4n) is 8.45. The van der Waals surface area contributed by atoms with Crippen molar-refractivity contribution in [3.63, 3.8) is 0 Å². The van der Waals surface area contributed by atoms with E-state index < -0.39 is 5.41 Å². The minimum Gasteiger partial charge on any atom is -0.457 e. The van der Waals surface area contributed by atoms with Crippen LogP contribution < -0.4 is 4.74 Å². The highest BCUT2D eigenvalue weighted by Crippen LogP contribution is 2.63. The predicted octanol–water partition coefficient (Wildman–Crippen LogP) is 12.3. The molecule has 4 heteroatoms. The van der Waals surface area contributed by atoms with E-state index in [1.54, 1.807) is 11.3 Å². The Morgan fingerprint density at radius 2 is 1.04 bits per heavy atom. The van der Waals surface area contributed by atoms with Gasteiger partial charge in [0.25, 0.3) is 0 Å². The lowest BCUT2D eigenvalue weighted by Gasteiger charge is -2.39. The molecule has 0 fully saturated rings. The van der Waals surface area contributed by atoms with Gasteiger partial charge in [0, 0.05) is 48.0 Å². The van der Waals surface area contributed by atoms with Crippen LogP contribution in [0.5, 0.6) is 11.5 Å². The number of nitrogens with zero attached hydrogens (tertiary/aromatic N) is 2. The average molecular weight is 669 g/mol. The van der Waals surface area contributed by atoms with E-state index in [0.29, 0.717) is 5.82 Å². The van der Waals surface area contributed by atoms with Crippen LogP contribution in [0.15, 0.2) is 170 Å². The molecule has 0 unspecified atom stereocenters. The molecule has 11 rings (SSSR count). The summed E-state index contributed by atoms with van der Waals surface area (Å²) in [5.74, 6) is 2.52. The van der Waals surface area contributed by atoms with Gasteiger partial charge in [0.1, 0.15) is 11.5 Å². The van der Waals surface area contributed by atoms with Crippen molar-refractivity contribution in [1.82, 2.24) is 9.97 Å². The van der Waals surface area contributed by atoms with Gasteiger partial charge in [-0.2, -0.15) is 0 Å². The zero-order valence-corrected chi connectivity index (χ0v) is 28.2. The first-order chi connectivity index (χ1) is 25.3. The number of ether oxygens (including phenoxy) is 1. The maximum absolute atomic E-state index is 6.83. The average Bonchev–Trinajstić information content (AvgIpc) is 3.71. The highest BCUT2D eigenvalue weighted by atomic mass is 32.1. The van der Waals surface area contributed by atoms with E-state index in [-0.39, 0.29) is 0 Å². The van der Waals surface area contributed by atoms with Crippen LogP contribution in [0.3, 0.4) is 0 Å². The molecule has 2 aromatic heterocycles. The van der Waals surface area contributed by atoms with Crippen LogP contribution in [0.1, 0.15) is 22.3 Å². The maximum atomic E-state index is 6.83. The molecule has 0 N–H and O–H groups in total. The number of fused-ring (bicyclic) bond motifs is 12. The molecule has 0 saturated heterocycles. The Kier molecular flexibility index (Phi) is 6.04. The largest absolute Gasteiger partial charge is 0.457 e. The molecule has 0 radical (unpaired) electrons. The van der Waals surface area contributed by atoms with E-state index in [2.05, 4.69) is 146 Å². The Morgan fingerprint density at radius 1 is 0.431 bits per heavy atom. The van der Waals surface area contributed by atoms with Crippen molar-refractivity contribution in [1.29, 1.82) is 0 Å². The molecule has 1 aliphatic heterocycles. The van der Waals surface area contributed by atoms with E-state index >= 15 is 0 Å². The molecule has 0 amide bonds. The van der Waals surface area contributed by atoms with Crippen LogP contribution >= 0.6 is 11.3 Å². The first kappa shape index (κ1) is 28.5. The summed E-state index contributed by atoms with van der Waals surface area (Å²) in [5.41, 5.74) is 11.9. The van der Waals surface area contributed by atoms with Crippen LogP contribution in [-0.2, 0) is 5.41 Å². The molecular formula is C47H28N2OS. The molecule has 3 nitrogen and oxygen atoms in total. The summed E-state index contributed by atoms with van der Waals surface area (Å²) < 4.78 is 9.23. The Bertz CT molecular complexity index is 2740. The molecule has 2 aliphatic rings. The molecule has 0 saturated carbocycles. The van der Waals surface area contributed by atoms with E-state index in [4.69, 9.17) is 14.7 Å². The Balaban J connectivity index is 1.22. The molecule has 3 heterocycles. The van der Waals surface area contributed by atoms with E-state index in [9.17, 15) is 0 Å². The van der Waals surface area contributed by atoms with E-state index in [1.807, 2.05) is 24.3 Å². The van der Waals surface area contributed by atoms with Gasteiger partial charge >= 0.3 is 0 Å². The molecule has 7 aromatic carbocycles. The summed E-state index contributed by atoms with van der Waals surface area (Å²) in [6.07, 6.45) is 0. The normalized spacial score (nSPS) is 13.4. The summed E-state index contributed by atoms with van der Waals surface area (Å²) in [7, 11) is 0. The van der Waals surface area contributed by atoms with Gasteiger partial charge in [-0.15, -0.1) is 11.3 Å². The van der Waals surface area contributed by atoms with Gasteiger partial charge < -0.3 is 4.74 Å². The molecule has 9 aromatic rings. The number of hydrogen-bond acceptors (Lipinski definition) is 4. The summed E-state index contributed by atoms with van der Waals surface area (Å²) in [4.78, 5) is 10.3. The minimum absolute atomic E-state index is 0.523. The Labute approximate surface area is 299 Å². The second kappa shape index (κ2) is 10.8. The van der Waals surface area contributed by atoms with Crippen LogP contribution in [0.4, 0.5) is 0 Å². The Hall–Kier alpha value is -6.36. The number of hydrogen-bond donors (Lipinski definition) is 0. The van der Waals surface area contributed by atoms with Crippen LogP contribution in [0.2, 0.25) is 0 Å². The first-order valence-electron chi connectivity index (χ1n) is 17.2. The van der Waals surface area contributed by atoms with Gasteiger partial charge in [-0.3, -0.25) is 0 Å². The van der Waals surface area contributed by atoms with Gasteiger partial charge in [-0.25, -0.2) is 9.97 Å². The lowest BCUT2D eigenvalue weighted by molar-refractivity contribution is 0.437. The van der Waals surface area contributed by atoms with Crippen LogP contribution in [0, 0.1) is 0 Å². The molecule has 0 atom stereocenters. The van der Waals surface area contributed by atoms with Gasteiger partial charge in [0.2, 0.25) is 0 Å². The maximum Gasteiger partial charge on any atom is 0.160 e. The molecule has 238 valence electrons. The molecule has 0 bridgehead atoms. The number of rotatable bonds is 3. The van der Waals surface area contributed by atoms with Crippen LogP contribution in [-0.4, -0.2) is 9.97 Å². The fraction of sp³-hybridized carbons (Fsp3) is 0.0213. The molecule has 51 heavy (non-hydrogen) atoms. The Morgan fingerprint density at radius 3 is 1.78 bits per heavy atom. The number of para-hydroxylation sites is 1. The van der Waals surface area contributed by atoms with Gasteiger partial charge in [0.05, 0.1) is 16.8 Å². The lowest BCUT2D eigenvalue weighted by Crippen LogP contribution is -2.32. The van der Waals surface area contributed by atoms with Crippen molar-refractivity contribution < 1.29 is 4.74 Å². The van der Waals surface area contributed by atoms with Gasteiger partial charge in [0.15, 0.2) is 5.82 Å². The van der Waals surface area contributed by atoms with E-state index in [0.717, 1.165) is 39.6 Å². The summed E-state index contributed by atoms with van der Waals surface area (Å²) in [6.45, 7) is 0. The van der Waals surface area contributed by atoms with Crippen LogP contribution in [0.25, 0.3) is 65.2 Å². The predicted molar refractivity (Wildman–Crippen MR) is 209 cm³/mol. The smallest absolute Gasteiger partial charge is 0.160 e. The third-order valence-electron chi connectivity index (χ3n) is 10.6. The highest BCUT2D eigenvalue weighted by Gasteiger charge is 2.51. The van der Waals surface area contributed by atoms with Crippen molar-refractivity contribution in [2.75, 3.05) is 0 Å². The van der Waals surface area contributed by atoms with Crippen molar-refractivity contribution >= 4 is 31.5 Å². The topological polar surface area (TPSA) is 35.0 Å². The zero-order valence-electron chi connectivity index (χ0n) is 27.4. The number of thiophene rings is 1. The monoisotopic (exact) mass is 668 g/mol. The first-order valence-corrected chi connectivity index (χ1v) is 18.1. The van der Waals surface area contributed by atoms with Crippen molar-refractivity contribution in [3.8, 4) is 56.5 Å². The van der Waals surface area contributed by atoms with Crippen molar-refractivity contribution in [3.05, 3.63) is 192 Å². The molecule has 1 spiro atoms. The van der Waals surface area contributed by atoms with Gasteiger partial charge in [-0.05, 0) is 52.6 Å². The number of benzene rings is 7. The highest BCUT2D eigenvalue weighted by molar-refractivity contribution is 7.26. The quantitative estimate of drug-likeness (QED) is 0.188. The number of aromatic nitrogens is 2. The van der Waals surface area contributed by atoms with Crippen molar-refractivity contribution in [2.24, 2.45) is 0 Å². The minimum atomic E-state index is -0.523. The van der Waals surface area contributed by atoms with Crippen molar-refractivity contribution in [2.45, 2.75) is 5.41 Å². The van der Waals surface area contributed by atoms with Gasteiger partial charge in [-0.1, -0.05) is 140 Å². The summed E-state index contributed by atoms with van der Waals surface area (Å²) >= 11 is 1.80. The molecule has 1 aliphatic carbocycles.